The van der Waals surface area contributed by atoms with Crippen molar-refractivity contribution in [2.75, 3.05) is 6.54 Å². The van der Waals surface area contributed by atoms with Crippen LogP contribution in [0.5, 0.6) is 0 Å². The average Bonchev–Trinajstić information content (AvgIpc) is 3.16. The number of aliphatic hydroxyl groups is 2. The van der Waals surface area contributed by atoms with Crippen LogP contribution in [0.25, 0.3) is 0 Å². The zero-order valence-electron chi connectivity index (χ0n) is 22.4. The molecule has 0 saturated carbocycles. The van der Waals surface area contributed by atoms with E-state index in [2.05, 4.69) is 10.6 Å². The fourth-order valence-electron chi connectivity index (χ4n) is 3.87. The Morgan fingerprint density at radius 2 is 1.80 bits per heavy atom. The molecular weight excluding hydrogens is 528 g/mol. The van der Waals surface area contributed by atoms with E-state index in [0.29, 0.717) is 0 Å². The van der Waals surface area contributed by atoms with Crippen molar-refractivity contribution in [2.24, 2.45) is 0 Å². The van der Waals surface area contributed by atoms with Gasteiger partial charge in [0.2, 0.25) is 5.91 Å². The van der Waals surface area contributed by atoms with Crippen LogP contribution in [0.1, 0.15) is 45.4 Å². The minimum Gasteiger partial charge on any atom is -0.461 e. The van der Waals surface area contributed by atoms with Crippen LogP contribution in [0.2, 0.25) is 0 Å². The van der Waals surface area contributed by atoms with Gasteiger partial charge in [0.1, 0.15) is 36.6 Å². The summed E-state index contributed by atoms with van der Waals surface area (Å²) in [5.74, 6) is -1.30. The standard InChI is InChI=1S/C26H34N4O10/c1-26(2,3)40-25(37)28-16(9-10-19(32)38-14-15-7-5-4-6-8-15)22(35)27-13-17-20(33)21(34)23(39-17)30-12-11-18(31)29-24(30)36/h4-8,11-12,16-17,20-21,23,33-34H,9-10,13-14H2,1-3H3,(H,27,35)(H,28,37)(H,29,31,36)/t16?,17-,20+,21?,23-/m1/s1. The lowest BCUT2D eigenvalue weighted by Gasteiger charge is -2.24. The molecule has 0 spiro atoms. The Morgan fingerprint density at radius 3 is 2.45 bits per heavy atom. The lowest BCUT2D eigenvalue weighted by molar-refractivity contribution is -0.145. The molecular formula is C26H34N4O10. The van der Waals surface area contributed by atoms with E-state index in [1.807, 2.05) is 11.1 Å². The first-order valence-electron chi connectivity index (χ1n) is 12.6. The van der Waals surface area contributed by atoms with Crippen molar-refractivity contribution in [1.29, 1.82) is 0 Å². The molecule has 2 heterocycles. The fraction of sp³-hybridized carbons (Fsp3) is 0.500. The van der Waals surface area contributed by atoms with E-state index in [9.17, 15) is 34.2 Å². The number of aliphatic hydroxyl groups excluding tert-OH is 2. The molecule has 1 aliphatic heterocycles. The van der Waals surface area contributed by atoms with E-state index in [4.69, 9.17) is 14.2 Å². The van der Waals surface area contributed by atoms with Crippen LogP contribution in [0.3, 0.4) is 0 Å². The number of ether oxygens (including phenoxy) is 3. The molecule has 0 bridgehead atoms. The van der Waals surface area contributed by atoms with Crippen LogP contribution in [-0.2, 0) is 30.4 Å². The monoisotopic (exact) mass is 562 g/mol. The van der Waals surface area contributed by atoms with Crippen LogP contribution in [0.15, 0.2) is 52.2 Å². The molecule has 2 aromatic rings. The largest absolute Gasteiger partial charge is 0.461 e. The molecule has 40 heavy (non-hydrogen) atoms. The third-order valence-electron chi connectivity index (χ3n) is 5.83. The lowest BCUT2D eigenvalue weighted by atomic mass is 10.1. The van der Waals surface area contributed by atoms with Crippen molar-refractivity contribution in [3.8, 4) is 0 Å². The Hall–Kier alpha value is -4.01. The van der Waals surface area contributed by atoms with E-state index >= 15 is 0 Å². The van der Waals surface area contributed by atoms with Crippen molar-refractivity contribution in [2.45, 2.75) is 76.4 Å². The summed E-state index contributed by atoms with van der Waals surface area (Å²) in [6.45, 7) is 4.69. The van der Waals surface area contributed by atoms with Crippen molar-refractivity contribution < 1.29 is 38.8 Å². The number of rotatable bonds is 10. The molecule has 2 unspecified atom stereocenters. The number of hydrogen-bond acceptors (Lipinski definition) is 10. The smallest absolute Gasteiger partial charge is 0.408 e. The number of aromatic amines is 1. The van der Waals surface area contributed by atoms with Crippen LogP contribution in [-0.4, -0.2) is 74.2 Å². The number of nitrogens with zero attached hydrogens (tertiary/aromatic N) is 1. The van der Waals surface area contributed by atoms with Gasteiger partial charge in [0, 0.05) is 25.2 Å². The fourth-order valence-corrected chi connectivity index (χ4v) is 3.87. The number of carbonyl (C=O) groups is 3. The second kappa shape index (κ2) is 13.4. The third-order valence-corrected chi connectivity index (χ3v) is 5.83. The number of benzene rings is 1. The van der Waals surface area contributed by atoms with E-state index in [1.54, 1.807) is 45.0 Å². The molecule has 1 aromatic carbocycles. The number of alkyl carbamates (subject to hydrolysis) is 1. The highest BCUT2D eigenvalue weighted by Crippen LogP contribution is 2.27. The summed E-state index contributed by atoms with van der Waals surface area (Å²) in [7, 11) is 0. The Balaban J connectivity index is 1.61. The van der Waals surface area contributed by atoms with Crippen molar-refractivity contribution in [3.63, 3.8) is 0 Å². The molecule has 2 amide bonds. The van der Waals surface area contributed by atoms with Gasteiger partial charge < -0.3 is 35.1 Å². The summed E-state index contributed by atoms with van der Waals surface area (Å²) in [5, 5.41) is 25.8. The van der Waals surface area contributed by atoms with Crippen molar-refractivity contribution in [1.82, 2.24) is 20.2 Å². The number of nitrogens with one attached hydrogen (secondary N) is 3. The zero-order chi connectivity index (χ0) is 29.4. The molecule has 1 saturated heterocycles. The number of esters is 1. The summed E-state index contributed by atoms with van der Waals surface area (Å²) < 4.78 is 16.9. The minimum absolute atomic E-state index is 0.0504. The number of aromatic nitrogens is 2. The first kappa shape index (κ1) is 30.5. The van der Waals surface area contributed by atoms with Gasteiger partial charge in [-0.25, -0.2) is 9.59 Å². The van der Waals surface area contributed by atoms with Gasteiger partial charge in [-0.15, -0.1) is 0 Å². The summed E-state index contributed by atoms with van der Waals surface area (Å²) >= 11 is 0. The highest BCUT2D eigenvalue weighted by molar-refractivity contribution is 5.86. The van der Waals surface area contributed by atoms with Crippen LogP contribution < -0.4 is 21.9 Å². The molecule has 0 aliphatic carbocycles. The number of H-pyrrole nitrogens is 1. The summed E-state index contributed by atoms with van der Waals surface area (Å²) in [5.41, 5.74) is -1.55. The topological polar surface area (TPSA) is 198 Å². The van der Waals surface area contributed by atoms with Gasteiger partial charge in [-0.2, -0.15) is 0 Å². The molecule has 1 aliphatic rings. The van der Waals surface area contributed by atoms with Gasteiger partial charge in [0.15, 0.2) is 6.23 Å². The maximum absolute atomic E-state index is 13.0. The van der Waals surface area contributed by atoms with Gasteiger partial charge >= 0.3 is 17.8 Å². The predicted octanol–water partition coefficient (Wildman–Crippen LogP) is -0.311. The maximum atomic E-state index is 13.0. The van der Waals surface area contributed by atoms with Gasteiger partial charge in [-0.1, -0.05) is 30.3 Å². The third kappa shape index (κ3) is 8.76. The van der Waals surface area contributed by atoms with Crippen LogP contribution in [0.4, 0.5) is 4.79 Å². The van der Waals surface area contributed by atoms with Gasteiger partial charge in [-0.3, -0.25) is 23.9 Å². The Kier molecular flexibility index (Phi) is 10.2. The molecule has 14 heteroatoms. The summed E-state index contributed by atoms with van der Waals surface area (Å²) in [6.07, 6.45) is -5.58. The molecule has 3 rings (SSSR count). The van der Waals surface area contributed by atoms with Crippen molar-refractivity contribution >= 4 is 18.0 Å². The second-order valence-electron chi connectivity index (χ2n) is 10.2. The molecule has 0 radical (unpaired) electrons. The SMILES string of the molecule is CC(C)(C)OC(=O)NC(CCC(=O)OCc1ccccc1)C(=O)NC[C@H]1O[C@@H](n2ccc(=O)[nH]c2=O)C(O)[C@H]1O. The van der Waals surface area contributed by atoms with Crippen molar-refractivity contribution in [3.05, 3.63) is 69.0 Å². The predicted molar refractivity (Wildman–Crippen MR) is 139 cm³/mol. The van der Waals surface area contributed by atoms with Crippen LogP contribution in [0, 0.1) is 0 Å². The van der Waals surface area contributed by atoms with Gasteiger partial charge in [-0.05, 0) is 32.8 Å². The molecule has 1 aromatic heterocycles. The zero-order valence-corrected chi connectivity index (χ0v) is 22.4. The average molecular weight is 563 g/mol. The lowest BCUT2D eigenvalue weighted by Crippen LogP contribution is -2.50. The summed E-state index contributed by atoms with van der Waals surface area (Å²) in [4.78, 5) is 63.1. The van der Waals surface area contributed by atoms with E-state index < -0.39 is 65.4 Å². The molecule has 14 nitrogen and oxygen atoms in total. The summed E-state index contributed by atoms with van der Waals surface area (Å²) in [6, 6.07) is 8.87. The Labute approximate surface area is 229 Å². The van der Waals surface area contributed by atoms with E-state index in [-0.39, 0.29) is 26.0 Å². The maximum Gasteiger partial charge on any atom is 0.408 e. The van der Waals surface area contributed by atoms with Gasteiger partial charge in [0.05, 0.1) is 0 Å². The quantitative estimate of drug-likeness (QED) is 0.239. The normalized spacial score (nSPS) is 21.3. The van der Waals surface area contributed by atoms with E-state index in [0.717, 1.165) is 22.4 Å². The van der Waals surface area contributed by atoms with Crippen LogP contribution >= 0.6 is 0 Å². The first-order chi connectivity index (χ1) is 18.8. The number of carbonyl (C=O) groups excluding carboxylic acids is 3. The van der Waals surface area contributed by atoms with Gasteiger partial charge in [0.25, 0.3) is 5.56 Å². The molecule has 1 fully saturated rings. The highest BCUT2D eigenvalue weighted by atomic mass is 16.6. The Morgan fingerprint density at radius 1 is 1.10 bits per heavy atom. The van der Waals surface area contributed by atoms with E-state index in [1.165, 1.54) is 0 Å². The molecule has 5 atom stereocenters. The second-order valence-corrected chi connectivity index (χ2v) is 10.2. The molecule has 5 N–H and O–H groups in total. The minimum atomic E-state index is -1.54. The highest BCUT2D eigenvalue weighted by Gasteiger charge is 2.44. The Bertz CT molecular complexity index is 1290. The number of hydrogen-bond donors (Lipinski definition) is 5. The molecule has 218 valence electrons. The number of amides is 2. The first-order valence-corrected chi connectivity index (χ1v) is 12.6.